The van der Waals surface area contributed by atoms with E-state index in [1.807, 2.05) is 0 Å². The molecule has 0 aliphatic carbocycles. The first-order chi connectivity index (χ1) is 9.56. The van der Waals surface area contributed by atoms with E-state index in [1.54, 1.807) is 30.3 Å². The number of thiophene rings is 1. The van der Waals surface area contributed by atoms with Gasteiger partial charge in [0.05, 0.1) is 9.21 Å². The largest absolute Gasteiger partial charge is 0.434 e. The van der Waals surface area contributed by atoms with E-state index in [0.29, 0.717) is 14.8 Å². The molecule has 0 unspecified atom stereocenters. The van der Waals surface area contributed by atoms with Gasteiger partial charge in [0.15, 0.2) is 5.78 Å². The summed E-state index contributed by atoms with van der Waals surface area (Å²) in [5, 5.41) is 0. The maximum absolute atomic E-state index is 12.2. The van der Waals surface area contributed by atoms with Crippen LogP contribution >= 0.6 is 22.9 Å². The van der Waals surface area contributed by atoms with Gasteiger partial charge in [0.25, 0.3) is 0 Å². The van der Waals surface area contributed by atoms with Gasteiger partial charge in [0, 0.05) is 5.56 Å². The summed E-state index contributed by atoms with van der Waals surface area (Å²) in [4.78, 5) is 12.3. The fraction of sp³-hybridized carbons (Fsp3) is 0.0714. The van der Waals surface area contributed by atoms with Crippen molar-refractivity contribution in [2.24, 2.45) is 0 Å². The molecule has 0 saturated carbocycles. The maximum atomic E-state index is 12.2. The van der Waals surface area contributed by atoms with E-state index in [-0.39, 0.29) is 11.5 Å². The van der Waals surface area contributed by atoms with E-state index >= 15 is 0 Å². The minimum absolute atomic E-state index is 0.0239. The fourth-order valence-corrected chi connectivity index (χ4v) is 2.48. The number of allylic oxidation sites excluding steroid dienone is 1. The van der Waals surface area contributed by atoms with Gasteiger partial charge in [-0.25, -0.2) is 0 Å². The molecule has 2 nitrogen and oxygen atoms in total. The van der Waals surface area contributed by atoms with Gasteiger partial charge in [0.1, 0.15) is 5.75 Å². The molecule has 0 spiro atoms. The molecule has 6 heteroatoms. The number of para-hydroxylation sites is 1. The predicted octanol–water partition coefficient (Wildman–Crippen LogP) is 4.90. The molecule has 104 valence electrons. The Balaban J connectivity index is 2.17. The third-order valence-corrected chi connectivity index (χ3v) is 3.61. The van der Waals surface area contributed by atoms with Gasteiger partial charge >= 0.3 is 6.61 Å². The highest BCUT2D eigenvalue weighted by molar-refractivity contribution is 7.18. The lowest BCUT2D eigenvalue weighted by Crippen LogP contribution is -2.03. The van der Waals surface area contributed by atoms with Crippen molar-refractivity contribution in [3.63, 3.8) is 0 Å². The Kier molecular flexibility index (Phi) is 4.87. The second-order valence-electron chi connectivity index (χ2n) is 3.72. The predicted molar refractivity (Wildman–Crippen MR) is 75.8 cm³/mol. The first-order valence-corrected chi connectivity index (χ1v) is 6.77. The zero-order chi connectivity index (χ0) is 14.5. The van der Waals surface area contributed by atoms with Gasteiger partial charge < -0.3 is 4.74 Å². The molecule has 1 aromatic carbocycles. The highest BCUT2D eigenvalue weighted by atomic mass is 35.5. The molecule has 0 atom stereocenters. The van der Waals surface area contributed by atoms with Crippen LogP contribution in [0.5, 0.6) is 5.75 Å². The minimum atomic E-state index is -2.91. The second kappa shape index (κ2) is 6.63. The fourth-order valence-electron chi connectivity index (χ4n) is 1.52. The summed E-state index contributed by atoms with van der Waals surface area (Å²) in [6, 6.07) is 9.49. The standard InChI is InChI=1S/C14H9ClF2O2S/c15-13-8-7-12(20-13)10(18)6-5-9-3-1-2-4-11(9)19-14(16)17/h1-8,14H. The van der Waals surface area contributed by atoms with Crippen LogP contribution < -0.4 is 4.74 Å². The number of carbonyl (C=O) groups excluding carboxylic acids is 1. The monoisotopic (exact) mass is 314 g/mol. The quantitative estimate of drug-likeness (QED) is 0.579. The summed E-state index contributed by atoms with van der Waals surface area (Å²) in [6.45, 7) is -2.91. The number of carbonyl (C=O) groups is 1. The summed E-state index contributed by atoms with van der Waals surface area (Å²) in [6.07, 6.45) is 2.74. The molecule has 2 rings (SSSR count). The first-order valence-electron chi connectivity index (χ1n) is 5.58. The number of ketones is 1. The normalized spacial score (nSPS) is 11.2. The van der Waals surface area contributed by atoms with Gasteiger partial charge in [0.2, 0.25) is 0 Å². The zero-order valence-corrected chi connectivity index (χ0v) is 11.6. The van der Waals surface area contributed by atoms with Crippen LogP contribution in [0.4, 0.5) is 8.78 Å². The Labute approximate surface area is 123 Å². The molecule has 0 saturated heterocycles. The molecule has 0 aliphatic heterocycles. The van der Waals surface area contributed by atoms with Crippen molar-refractivity contribution in [3.8, 4) is 5.75 Å². The van der Waals surface area contributed by atoms with Gasteiger partial charge in [-0.2, -0.15) is 8.78 Å². The van der Waals surface area contributed by atoms with Gasteiger partial charge in [-0.15, -0.1) is 11.3 Å². The summed E-state index contributed by atoms with van der Waals surface area (Å²) in [5.74, 6) is -0.218. The number of benzene rings is 1. The molecule has 0 N–H and O–H groups in total. The van der Waals surface area contributed by atoms with Crippen molar-refractivity contribution in [2.45, 2.75) is 6.61 Å². The number of halogens is 3. The van der Waals surface area contributed by atoms with Crippen LogP contribution in [0.2, 0.25) is 4.34 Å². The molecule has 0 bridgehead atoms. The van der Waals surface area contributed by atoms with E-state index < -0.39 is 6.61 Å². The van der Waals surface area contributed by atoms with Gasteiger partial charge in [-0.1, -0.05) is 29.8 Å². The zero-order valence-electron chi connectivity index (χ0n) is 10.1. The van der Waals surface area contributed by atoms with Crippen LogP contribution in [0.25, 0.3) is 6.08 Å². The molecule has 0 fully saturated rings. The third kappa shape index (κ3) is 3.88. The number of hydrogen-bond acceptors (Lipinski definition) is 3. The Morgan fingerprint density at radius 3 is 2.65 bits per heavy atom. The van der Waals surface area contributed by atoms with Crippen LogP contribution in [0.1, 0.15) is 15.2 Å². The molecule has 0 radical (unpaired) electrons. The van der Waals surface area contributed by atoms with Crippen LogP contribution in [-0.4, -0.2) is 12.4 Å². The average molecular weight is 315 g/mol. The number of alkyl halides is 2. The molecular weight excluding hydrogens is 306 g/mol. The molecule has 0 aliphatic rings. The molecular formula is C14H9ClF2O2S. The lowest BCUT2D eigenvalue weighted by molar-refractivity contribution is -0.0499. The molecule has 20 heavy (non-hydrogen) atoms. The highest BCUT2D eigenvalue weighted by Gasteiger charge is 2.08. The van der Waals surface area contributed by atoms with Gasteiger partial charge in [-0.05, 0) is 30.4 Å². The number of hydrogen-bond donors (Lipinski definition) is 0. The first kappa shape index (κ1) is 14.7. The minimum Gasteiger partial charge on any atom is -0.434 e. The summed E-state index contributed by atoms with van der Waals surface area (Å²) in [5.41, 5.74) is 0.406. The van der Waals surface area contributed by atoms with Crippen LogP contribution in [0.3, 0.4) is 0 Å². The van der Waals surface area contributed by atoms with Crippen molar-refractivity contribution >= 4 is 34.8 Å². The third-order valence-electron chi connectivity index (χ3n) is 2.37. The lowest BCUT2D eigenvalue weighted by Gasteiger charge is -2.06. The number of ether oxygens (including phenoxy) is 1. The smallest absolute Gasteiger partial charge is 0.387 e. The van der Waals surface area contributed by atoms with Crippen LogP contribution in [0.15, 0.2) is 42.5 Å². The molecule has 2 aromatic rings. The van der Waals surface area contributed by atoms with E-state index in [4.69, 9.17) is 11.6 Å². The Morgan fingerprint density at radius 1 is 1.25 bits per heavy atom. The summed E-state index contributed by atoms with van der Waals surface area (Å²) in [7, 11) is 0. The van der Waals surface area contributed by atoms with E-state index in [0.717, 1.165) is 11.3 Å². The highest BCUT2D eigenvalue weighted by Crippen LogP contribution is 2.24. The number of rotatable bonds is 5. The Hall–Kier alpha value is -1.72. The average Bonchev–Trinajstić information content (AvgIpc) is 2.83. The Morgan fingerprint density at radius 2 is 2.00 bits per heavy atom. The van der Waals surface area contributed by atoms with E-state index in [1.165, 1.54) is 18.2 Å². The summed E-state index contributed by atoms with van der Waals surface area (Å²) < 4.78 is 29.4. The molecule has 1 heterocycles. The SMILES string of the molecule is O=C(C=Cc1ccccc1OC(F)F)c1ccc(Cl)s1. The lowest BCUT2D eigenvalue weighted by atomic mass is 10.1. The van der Waals surface area contributed by atoms with E-state index in [2.05, 4.69) is 4.74 Å². The van der Waals surface area contributed by atoms with Gasteiger partial charge in [-0.3, -0.25) is 4.79 Å². The van der Waals surface area contributed by atoms with Crippen LogP contribution in [-0.2, 0) is 0 Å². The molecule has 1 aromatic heterocycles. The molecule has 0 amide bonds. The van der Waals surface area contributed by atoms with Crippen molar-refractivity contribution < 1.29 is 18.3 Å². The maximum Gasteiger partial charge on any atom is 0.387 e. The topological polar surface area (TPSA) is 26.3 Å². The van der Waals surface area contributed by atoms with Crippen molar-refractivity contribution in [1.82, 2.24) is 0 Å². The van der Waals surface area contributed by atoms with Crippen LogP contribution in [0, 0.1) is 0 Å². The van der Waals surface area contributed by atoms with Crippen molar-refractivity contribution in [1.29, 1.82) is 0 Å². The Bertz CT molecular complexity index is 638. The van der Waals surface area contributed by atoms with E-state index in [9.17, 15) is 13.6 Å². The second-order valence-corrected chi connectivity index (χ2v) is 5.43. The summed E-state index contributed by atoms with van der Waals surface area (Å²) >= 11 is 6.90. The van der Waals surface area contributed by atoms with Crippen molar-refractivity contribution in [2.75, 3.05) is 0 Å². The van der Waals surface area contributed by atoms with Crippen molar-refractivity contribution in [3.05, 3.63) is 57.3 Å².